The van der Waals surface area contributed by atoms with Crippen molar-refractivity contribution in [3.05, 3.63) is 60.7 Å². The maximum atomic E-state index is 7.53. The Balaban J connectivity index is 0.000000337. The first-order valence-electron chi connectivity index (χ1n) is 4.80. The van der Waals surface area contributed by atoms with Crippen molar-refractivity contribution in [1.29, 1.82) is 0 Å². The van der Waals surface area contributed by atoms with Crippen LogP contribution in [0.1, 0.15) is 0 Å². The van der Waals surface area contributed by atoms with E-state index in [2.05, 4.69) is 57.8 Å². The molecule has 0 aliphatic heterocycles. The van der Waals surface area contributed by atoms with Gasteiger partial charge in [0.05, 0.1) is 6.35 Å². The van der Waals surface area contributed by atoms with Gasteiger partial charge < -0.3 is 5.11 Å². The second-order valence-electron chi connectivity index (χ2n) is 2.91. The van der Waals surface area contributed by atoms with Crippen LogP contribution in [0.15, 0.2) is 60.7 Å². The van der Waals surface area contributed by atoms with Crippen molar-refractivity contribution in [3.8, 4) is 11.1 Å². The van der Waals surface area contributed by atoms with Crippen LogP contribution < -0.4 is 0 Å². The van der Waals surface area contributed by atoms with Crippen LogP contribution in [-0.2, 0) is 0 Å². The van der Waals surface area contributed by atoms with Crippen LogP contribution in [0, 0.1) is 0 Å². The Hall–Kier alpha value is -1.17. The smallest absolute Gasteiger partial charge is 0.0567 e. The summed E-state index contributed by atoms with van der Waals surface area (Å²) in [6.45, 7) is 0. The van der Waals surface area contributed by atoms with Crippen molar-refractivity contribution in [2.24, 2.45) is 0 Å². The molecule has 1 unspecified atom stereocenters. The second-order valence-corrected chi connectivity index (χ2v) is 3.28. The zero-order chi connectivity index (χ0) is 10.9. The van der Waals surface area contributed by atoms with Crippen molar-refractivity contribution in [3.63, 3.8) is 0 Å². The van der Waals surface area contributed by atoms with Gasteiger partial charge in [-0.2, -0.15) is 0 Å². The third-order valence-electron chi connectivity index (χ3n) is 1.88. The van der Waals surface area contributed by atoms with E-state index in [-0.39, 0.29) is 6.35 Å². The molecule has 0 aliphatic carbocycles. The summed E-state index contributed by atoms with van der Waals surface area (Å²) in [6, 6.07) is 20.8. The van der Waals surface area contributed by atoms with E-state index in [1.165, 1.54) is 11.1 Å². The van der Waals surface area contributed by atoms with Gasteiger partial charge in [-0.3, -0.25) is 0 Å². The monoisotopic (exact) mass is 218 g/mol. The predicted octanol–water partition coefficient (Wildman–Crippen LogP) is 3.16. The Morgan fingerprint density at radius 2 is 1.00 bits per heavy atom. The molecule has 0 aliphatic rings. The zero-order valence-corrected chi connectivity index (χ0v) is 9.66. The number of benzene rings is 2. The molecule has 1 N–H and O–H groups in total. The SMILES string of the molecule is OCP.c1ccc(-c2ccccc2)cc1. The first-order chi connectivity index (χ1) is 7.38. The number of aliphatic hydroxyl groups excluding tert-OH is 1. The molecule has 0 heterocycles. The molecule has 2 aromatic carbocycles. The van der Waals surface area contributed by atoms with Gasteiger partial charge in [0.1, 0.15) is 0 Å². The highest BCUT2D eigenvalue weighted by molar-refractivity contribution is 7.16. The quantitative estimate of drug-likeness (QED) is 0.729. The Morgan fingerprint density at radius 3 is 1.27 bits per heavy atom. The van der Waals surface area contributed by atoms with Crippen LogP contribution in [0.3, 0.4) is 0 Å². The minimum absolute atomic E-state index is 0.167. The Kier molecular flexibility index (Phi) is 5.69. The minimum atomic E-state index is 0.167. The lowest BCUT2D eigenvalue weighted by molar-refractivity contribution is 0.375. The normalized spacial score (nSPS) is 8.93. The first kappa shape index (κ1) is 11.9. The summed E-state index contributed by atoms with van der Waals surface area (Å²) in [5.41, 5.74) is 2.55. The number of hydrogen-bond acceptors (Lipinski definition) is 1. The average molecular weight is 218 g/mol. The van der Waals surface area contributed by atoms with Crippen LogP contribution in [0.4, 0.5) is 0 Å². The topological polar surface area (TPSA) is 20.2 Å². The molecule has 2 rings (SSSR count). The van der Waals surface area contributed by atoms with Crippen molar-refractivity contribution < 1.29 is 5.11 Å². The second kappa shape index (κ2) is 7.17. The highest BCUT2D eigenvalue weighted by atomic mass is 31.0. The van der Waals surface area contributed by atoms with E-state index < -0.39 is 0 Å². The molecule has 0 saturated heterocycles. The van der Waals surface area contributed by atoms with Crippen molar-refractivity contribution in [1.82, 2.24) is 0 Å². The van der Waals surface area contributed by atoms with E-state index in [0.717, 1.165) is 0 Å². The molecular weight excluding hydrogens is 203 g/mol. The summed E-state index contributed by atoms with van der Waals surface area (Å²) in [6.07, 6.45) is 0.167. The highest BCUT2D eigenvalue weighted by Gasteiger charge is 1.91. The third kappa shape index (κ3) is 4.24. The molecule has 0 aromatic heterocycles. The summed E-state index contributed by atoms with van der Waals surface area (Å²) in [7, 11) is 2.13. The predicted molar refractivity (Wildman–Crippen MR) is 68.7 cm³/mol. The molecule has 1 atom stereocenters. The van der Waals surface area contributed by atoms with Gasteiger partial charge >= 0.3 is 0 Å². The summed E-state index contributed by atoms with van der Waals surface area (Å²) in [4.78, 5) is 0. The van der Waals surface area contributed by atoms with E-state index in [4.69, 9.17) is 5.11 Å². The lowest BCUT2D eigenvalue weighted by Gasteiger charge is -1.98. The Bertz CT molecular complexity index is 321. The first-order valence-corrected chi connectivity index (χ1v) is 5.61. The summed E-state index contributed by atoms with van der Waals surface area (Å²) < 4.78 is 0. The van der Waals surface area contributed by atoms with Crippen LogP contribution in [0.2, 0.25) is 0 Å². The molecule has 0 amide bonds. The van der Waals surface area contributed by atoms with Gasteiger partial charge in [0.15, 0.2) is 0 Å². The number of hydrogen-bond donors (Lipinski definition) is 1. The molecule has 1 nitrogen and oxygen atoms in total. The lowest BCUT2D eigenvalue weighted by Crippen LogP contribution is -1.73. The molecule has 0 bridgehead atoms. The van der Waals surface area contributed by atoms with Crippen molar-refractivity contribution >= 4 is 9.24 Å². The summed E-state index contributed by atoms with van der Waals surface area (Å²) in [5, 5.41) is 7.53. The van der Waals surface area contributed by atoms with Crippen molar-refractivity contribution in [2.75, 3.05) is 6.35 Å². The molecule has 2 heteroatoms. The van der Waals surface area contributed by atoms with Gasteiger partial charge in [-0.05, 0) is 11.1 Å². The van der Waals surface area contributed by atoms with Crippen LogP contribution in [-0.4, -0.2) is 11.5 Å². The van der Waals surface area contributed by atoms with Crippen LogP contribution in [0.25, 0.3) is 11.1 Å². The van der Waals surface area contributed by atoms with E-state index in [0.29, 0.717) is 0 Å². The van der Waals surface area contributed by atoms with E-state index in [1.54, 1.807) is 0 Å². The fourth-order valence-electron chi connectivity index (χ4n) is 1.26. The Morgan fingerprint density at radius 1 is 0.733 bits per heavy atom. The largest absolute Gasteiger partial charge is 0.392 e. The Labute approximate surface area is 93.0 Å². The van der Waals surface area contributed by atoms with Gasteiger partial charge in [0.25, 0.3) is 0 Å². The zero-order valence-electron chi connectivity index (χ0n) is 8.51. The highest BCUT2D eigenvalue weighted by Crippen LogP contribution is 2.17. The van der Waals surface area contributed by atoms with Crippen LogP contribution >= 0.6 is 9.24 Å². The number of rotatable bonds is 1. The van der Waals surface area contributed by atoms with Gasteiger partial charge in [-0.25, -0.2) is 0 Å². The van der Waals surface area contributed by atoms with Gasteiger partial charge in [0, 0.05) is 0 Å². The lowest BCUT2D eigenvalue weighted by atomic mass is 10.1. The van der Waals surface area contributed by atoms with Gasteiger partial charge in [-0.15, -0.1) is 9.24 Å². The molecule has 0 saturated carbocycles. The van der Waals surface area contributed by atoms with Gasteiger partial charge in [-0.1, -0.05) is 60.7 Å². The molecule has 0 spiro atoms. The molecule has 0 fully saturated rings. The average Bonchev–Trinajstić information content (AvgIpc) is 2.32. The fraction of sp³-hybridized carbons (Fsp3) is 0.0769. The minimum Gasteiger partial charge on any atom is -0.392 e. The molecule has 78 valence electrons. The standard InChI is InChI=1S/C12H10.CH5OP/c1-3-7-11(8-4-1)12-9-5-2-6-10-12;2-1-3/h1-10H;2H,1,3H2. The molecule has 0 radical (unpaired) electrons. The molecule has 2 aromatic rings. The summed E-state index contributed by atoms with van der Waals surface area (Å²) >= 11 is 0. The molecular formula is C13H15OP. The van der Waals surface area contributed by atoms with E-state index in [1.807, 2.05) is 12.1 Å². The van der Waals surface area contributed by atoms with Gasteiger partial charge in [0.2, 0.25) is 0 Å². The van der Waals surface area contributed by atoms with Crippen LogP contribution in [0.5, 0.6) is 0 Å². The molecule has 15 heavy (non-hydrogen) atoms. The van der Waals surface area contributed by atoms with E-state index in [9.17, 15) is 0 Å². The fourth-order valence-corrected chi connectivity index (χ4v) is 1.26. The maximum Gasteiger partial charge on any atom is 0.0567 e. The van der Waals surface area contributed by atoms with E-state index >= 15 is 0 Å². The van der Waals surface area contributed by atoms with Crippen molar-refractivity contribution in [2.45, 2.75) is 0 Å². The number of aliphatic hydroxyl groups is 1. The third-order valence-corrected chi connectivity index (χ3v) is 1.88. The summed E-state index contributed by atoms with van der Waals surface area (Å²) in [5.74, 6) is 0. The maximum absolute atomic E-state index is 7.53.